The van der Waals surface area contributed by atoms with E-state index in [2.05, 4.69) is 36.9 Å². The van der Waals surface area contributed by atoms with Crippen molar-refractivity contribution in [3.8, 4) is 12.3 Å². The number of rotatable bonds is 17. The third-order valence-electron chi connectivity index (χ3n) is 10.0. The van der Waals surface area contributed by atoms with E-state index in [0.717, 1.165) is 0 Å². The molecule has 1 aromatic heterocycles. The van der Waals surface area contributed by atoms with Crippen LogP contribution < -0.4 is 10.6 Å². The van der Waals surface area contributed by atoms with Gasteiger partial charge in [0.25, 0.3) is 0 Å². The van der Waals surface area contributed by atoms with Gasteiger partial charge in [0.15, 0.2) is 28.9 Å². The number of aromatic nitrogens is 3. The molecule has 2 fully saturated rings. The third kappa shape index (κ3) is 14.2. The number of ketones is 2. The number of Topliss-reactive ketones (excluding diaryl/α,β-unsaturated/α-hetero) is 2. The molecule has 0 aromatic carbocycles. The zero-order chi connectivity index (χ0) is 47.5. The van der Waals surface area contributed by atoms with Gasteiger partial charge in [-0.2, -0.15) is 0 Å². The Kier molecular flexibility index (Phi) is 22.8. The van der Waals surface area contributed by atoms with Gasteiger partial charge in [0, 0.05) is 37.0 Å². The van der Waals surface area contributed by atoms with E-state index in [1.54, 1.807) is 27.7 Å². The highest BCUT2D eigenvalue weighted by Gasteiger charge is 2.47. The fourth-order valence-electron chi connectivity index (χ4n) is 6.44. The number of aryl methyl sites for hydroxylation is 1. The lowest BCUT2D eigenvalue weighted by Gasteiger charge is -2.40. The summed E-state index contributed by atoms with van der Waals surface area (Å²) in [6.07, 6.45) is -1.26. The Morgan fingerprint density at radius 1 is 0.839 bits per heavy atom. The minimum atomic E-state index is -1.84. The zero-order valence-corrected chi connectivity index (χ0v) is 36.0. The predicted octanol–water partition coefficient (Wildman–Crippen LogP) is -1.72. The van der Waals surface area contributed by atoms with Crippen LogP contribution in [0.25, 0.3) is 10.4 Å². The van der Waals surface area contributed by atoms with Gasteiger partial charge in [-0.15, -0.1) is 17.4 Å². The third-order valence-corrected chi connectivity index (χ3v) is 10.0. The molecule has 0 saturated carbocycles. The zero-order valence-electron chi connectivity index (χ0n) is 36.0. The molecule has 62 heavy (non-hydrogen) atoms. The number of amides is 2. The van der Waals surface area contributed by atoms with E-state index in [4.69, 9.17) is 36.0 Å². The number of terminal acetylenes is 1. The fourth-order valence-corrected chi connectivity index (χ4v) is 6.44. The Morgan fingerprint density at radius 2 is 1.31 bits per heavy atom. The molecule has 3 heterocycles. The molecule has 8 N–H and O–H groups in total. The van der Waals surface area contributed by atoms with Crippen LogP contribution in [0.4, 0.5) is 0 Å². The van der Waals surface area contributed by atoms with Gasteiger partial charge in [-0.1, -0.05) is 24.2 Å². The Hall–Kier alpha value is -5.09. The molecule has 0 radical (unpaired) electrons. The number of nitrogens with zero attached hydrogens (tertiary/aromatic N) is 6. The van der Waals surface area contributed by atoms with E-state index < -0.39 is 121 Å². The fraction of sp³-hybridized carbons (Fsp3) is 0.737. The van der Waals surface area contributed by atoms with Crippen LogP contribution in [0.5, 0.6) is 0 Å². The average molecular weight is 885 g/mol. The molecule has 2 amide bonds. The summed E-state index contributed by atoms with van der Waals surface area (Å²) in [5, 5.41) is 73.4. The molecule has 0 aliphatic carbocycles. The quantitative estimate of drug-likeness (QED) is 0.0215. The van der Waals surface area contributed by atoms with E-state index in [-0.39, 0.29) is 38.9 Å². The van der Waals surface area contributed by atoms with Gasteiger partial charge in [0.1, 0.15) is 30.6 Å². The Balaban J connectivity index is 0.000000521. The van der Waals surface area contributed by atoms with Gasteiger partial charge in [-0.3, -0.25) is 19.2 Å². The van der Waals surface area contributed by atoms with Gasteiger partial charge >= 0.3 is 11.9 Å². The van der Waals surface area contributed by atoms with Crippen LogP contribution in [0.15, 0.2) is 11.3 Å². The summed E-state index contributed by atoms with van der Waals surface area (Å²) < 4.78 is 21.9. The van der Waals surface area contributed by atoms with Gasteiger partial charge in [-0.25, -0.2) is 14.3 Å². The first kappa shape index (κ1) is 54.9. The number of azide groups is 1. The first-order valence-corrected chi connectivity index (χ1v) is 19.7. The highest BCUT2D eigenvalue weighted by molar-refractivity contribution is 6.10. The van der Waals surface area contributed by atoms with Crippen molar-refractivity contribution in [2.75, 3.05) is 26.4 Å². The molecular formula is C38H60N8O16. The molecule has 12 atom stereocenters. The van der Waals surface area contributed by atoms with Gasteiger partial charge in [0.05, 0.1) is 50.5 Å². The first-order chi connectivity index (χ1) is 29.1. The lowest BCUT2D eigenvalue weighted by atomic mass is 9.88. The predicted molar refractivity (Wildman–Crippen MR) is 212 cm³/mol. The molecule has 348 valence electrons. The number of aliphatic hydroxyl groups is 6. The van der Waals surface area contributed by atoms with Crippen molar-refractivity contribution in [1.29, 1.82) is 0 Å². The molecule has 1 aromatic rings. The summed E-state index contributed by atoms with van der Waals surface area (Å²) in [6.45, 7) is 10.6. The van der Waals surface area contributed by atoms with Crippen LogP contribution in [0.3, 0.4) is 0 Å². The molecule has 2 saturated heterocycles. The minimum Gasteiger partial charge on any atom is -0.464 e. The summed E-state index contributed by atoms with van der Waals surface area (Å²) in [4.78, 5) is 73.6. The minimum absolute atomic E-state index is 0.0389. The standard InChI is InChI=1S/C19H30N4O8.C12H17NO4.C7H13N3O4/c1-5-30-18(29)19(11(3)25,20-12(4)26)7-6-13-8-23(22-21-13)17-10(2)15(27)16(28)14(9-24)31-17;1-5-7-8-12(9(3)14,13-10(4)15)11(16)17-6-2;1-3-5(12)6(13)4(2-11)14-7(3)9-10-8/h8,10,14-17,24,27-28H,5-7,9H2,1-4H3,(H,20,26);1H,6-8H2,2-4H3,(H,13,15);3-7,11-13H,2H2,1H3/t10?,14?,15-,16-,17-,19?;;3?,4?,5-,6-,7-/m1.1/s1. The summed E-state index contributed by atoms with van der Waals surface area (Å²) >= 11 is 0. The lowest BCUT2D eigenvalue weighted by Crippen LogP contribution is -2.60. The van der Waals surface area contributed by atoms with Crippen molar-refractivity contribution in [3.63, 3.8) is 0 Å². The van der Waals surface area contributed by atoms with Crippen LogP contribution in [-0.2, 0) is 54.1 Å². The number of hydrogen-bond acceptors (Lipinski definition) is 19. The van der Waals surface area contributed by atoms with E-state index in [1.807, 2.05) is 0 Å². The molecule has 2 aliphatic heterocycles. The normalized spacial score (nSPS) is 27.2. The highest BCUT2D eigenvalue weighted by atomic mass is 16.6. The summed E-state index contributed by atoms with van der Waals surface area (Å²) in [6, 6.07) is 0. The van der Waals surface area contributed by atoms with Crippen LogP contribution in [0, 0.1) is 24.2 Å². The second-order valence-electron chi connectivity index (χ2n) is 14.5. The van der Waals surface area contributed by atoms with Gasteiger partial charge in [0.2, 0.25) is 11.8 Å². The van der Waals surface area contributed by atoms with Crippen molar-refractivity contribution >= 4 is 35.3 Å². The Morgan fingerprint density at radius 3 is 1.73 bits per heavy atom. The van der Waals surface area contributed by atoms with Gasteiger partial charge < -0.3 is 60.2 Å². The van der Waals surface area contributed by atoms with Crippen molar-refractivity contribution < 1.29 is 78.4 Å². The number of carbonyl (C=O) groups is 6. The second-order valence-corrected chi connectivity index (χ2v) is 14.5. The summed E-state index contributed by atoms with van der Waals surface area (Å²) in [7, 11) is 0. The molecule has 24 heteroatoms. The molecule has 24 nitrogen and oxygen atoms in total. The number of carbonyl (C=O) groups excluding carboxylic acids is 6. The number of esters is 2. The van der Waals surface area contributed by atoms with Crippen LogP contribution in [0.1, 0.15) is 86.6 Å². The van der Waals surface area contributed by atoms with E-state index >= 15 is 0 Å². The topological polar surface area (TPSA) is 364 Å². The number of hydrogen-bond donors (Lipinski definition) is 8. The van der Waals surface area contributed by atoms with Crippen molar-refractivity contribution in [2.24, 2.45) is 17.0 Å². The first-order valence-electron chi connectivity index (χ1n) is 19.7. The van der Waals surface area contributed by atoms with Crippen LogP contribution >= 0.6 is 0 Å². The molecular weight excluding hydrogens is 824 g/mol. The van der Waals surface area contributed by atoms with E-state index in [9.17, 15) is 54.3 Å². The summed E-state index contributed by atoms with van der Waals surface area (Å²) in [5.74, 6) is -2.42. The largest absolute Gasteiger partial charge is 0.464 e. The van der Waals surface area contributed by atoms with Crippen molar-refractivity contribution in [2.45, 2.75) is 141 Å². The Bertz CT molecular complexity index is 1760. The monoisotopic (exact) mass is 884 g/mol. The number of ether oxygens (including phenoxy) is 4. The SMILES string of the molecule is C#CCCC(NC(C)=O)(C(C)=O)C(=O)OCC.CC1[C@H](N=[N+]=[N-])OC(CO)[C@@H](O)[C@@H]1O.CCOC(=O)C(CCc1cn([C@@H]2OC(CO)[C@@H](O)[C@H](O)C2C)nn1)(NC(C)=O)C(C)=O. The van der Waals surface area contributed by atoms with E-state index in [0.29, 0.717) is 5.69 Å². The number of nitrogens with one attached hydrogen (secondary N) is 2. The highest BCUT2D eigenvalue weighted by Crippen LogP contribution is 2.33. The molecule has 2 aliphatic rings. The smallest absolute Gasteiger partial charge is 0.339 e. The summed E-state index contributed by atoms with van der Waals surface area (Å²) in [5.41, 5.74) is 5.12. The van der Waals surface area contributed by atoms with Crippen molar-refractivity contribution in [1.82, 2.24) is 25.6 Å². The maximum absolute atomic E-state index is 12.5. The Labute approximate surface area is 358 Å². The maximum Gasteiger partial charge on any atom is 0.339 e. The molecule has 6 unspecified atom stereocenters. The van der Waals surface area contributed by atoms with Gasteiger partial charge in [-0.05, 0) is 52.5 Å². The average Bonchev–Trinajstić information content (AvgIpc) is 3.69. The molecule has 0 spiro atoms. The number of aliphatic hydroxyl groups excluding tert-OH is 6. The molecule has 3 rings (SSSR count). The lowest BCUT2D eigenvalue weighted by molar-refractivity contribution is -0.231. The van der Waals surface area contributed by atoms with Crippen LogP contribution in [0.2, 0.25) is 0 Å². The molecule has 0 bridgehead atoms. The van der Waals surface area contributed by atoms with Crippen molar-refractivity contribution in [3.05, 3.63) is 22.3 Å². The van der Waals surface area contributed by atoms with E-state index in [1.165, 1.54) is 38.6 Å². The van der Waals surface area contributed by atoms with Crippen LogP contribution in [-0.4, -0.2) is 161 Å². The second kappa shape index (κ2) is 25.8. The maximum atomic E-state index is 12.5.